The standard InChI is InChI=1S/C14H17ClN4O/c1-4-8(2)11-7-18(3)13(20)10-5-9-6-16-14(15)17-12(9)19(10)11/h5-6,8,11H,4,7H2,1-3H3/t8-,11?/m0/s1. The van der Waals surface area contributed by atoms with Crippen molar-refractivity contribution in [2.75, 3.05) is 13.6 Å². The maximum absolute atomic E-state index is 12.4. The second kappa shape index (κ2) is 4.74. The van der Waals surface area contributed by atoms with E-state index in [1.165, 1.54) is 0 Å². The summed E-state index contributed by atoms with van der Waals surface area (Å²) in [6.45, 7) is 5.06. The molecule has 3 heterocycles. The van der Waals surface area contributed by atoms with E-state index in [1.807, 2.05) is 17.7 Å². The fourth-order valence-corrected chi connectivity index (χ4v) is 2.96. The Morgan fingerprint density at radius 2 is 2.30 bits per heavy atom. The third-order valence-electron chi connectivity index (χ3n) is 4.21. The molecule has 0 saturated carbocycles. The van der Waals surface area contributed by atoms with Crippen LogP contribution in [0.15, 0.2) is 12.3 Å². The van der Waals surface area contributed by atoms with Crippen molar-refractivity contribution in [2.24, 2.45) is 5.92 Å². The Bertz CT molecular complexity index is 681. The lowest BCUT2D eigenvalue weighted by Crippen LogP contribution is -2.42. The normalized spacial score (nSPS) is 20.3. The van der Waals surface area contributed by atoms with E-state index in [-0.39, 0.29) is 17.2 Å². The van der Waals surface area contributed by atoms with Gasteiger partial charge in [-0.05, 0) is 23.6 Å². The molecule has 0 aliphatic carbocycles. The third-order valence-corrected chi connectivity index (χ3v) is 4.39. The van der Waals surface area contributed by atoms with Crippen LogP contribution in [0.3, 0.4) is 0 Å². The molecule has 2 aromatic rings. The summed E-state index contributed by atoms with van der Waals surface area (Å²) >= 11 is 5.91. The number of fused-ring (bicyclic) bond motifs is 3. The van der Waals surface area contributed by atoms with Gasteiger partial charge in [-0.1, -0.05) is 20.3 Å². The van der Waals surface area contributed by atoms with Gasteiger partial charge in [-0.2, -0.15) is 4.98 Å². The van der Waals surface area contributed by atoms with Gasteiger partial charge in [0.1, 0.15) is 11.3 Å². The Balaban J connectivity index is 2.27. The lowest BCUT2D eigenvalue weighted by Gasteiger charge is -2.35. The van der Waals surface area contributed by atoms with Gasteiger partial charge in [-0.3, -0.25) is 4.79 Å². The Hall–Kier alpha value is -1.62. The molecule has 6 heteroatoms. The van der Waals surface area contributed by atoms with Gasteiger partial charge in [0, 0.05) is 25.2 Å². The molecule has 1 unspecified atom stereocenters. The summed E-state index contributed by atoms with van der Waals surface area (Å²) < 4.78 is 2.04. The largest absolute Gasteiger partial charge is 0.338 e. The number of hydrogen-bond donors (Lipinski definition) is 0. The van der Waals surface area contributed by atoms with E-state index in [9.17, 15) is 4.79 Å². The lowest BCUT2D eigenvalue weighted by molar-refractivity contribution is 0.0692. The van der Waals surface area contributed by atoms with Crippen LogP contribution in [0.4, 0.5) is 0 Å². The molecule has 0 fully saturated rings. The van der Waals surface area contributed by atoms with E-state index in [2.05, 4.69) is 23.8 Å². The summed E-state index contributed by atoms with van der Waals surface area (Å²) in [5.41, 5.74) is 1.43. The van der Waals surface area contributed by atoms with E-state index in [0.717, 1.165) is 17.5 Å². The van der Waals surface area contributed by atoms with Crippen molar-refractivity contribution >= 4 is 28.5 Å². The first kappa shape index (κ1) is 13.4. The summed E-state index contributed by atoms with van der Waals surface area (Å²) in [7, 11) is 1.84. The highest BCUT2D eigenvalue weighted by atomic mass is 35.5. The summed E-state index contributed by atoms with van der Waals surface area (Å²) in [5, 5.41) is 1.08. The van der Waals surface area contributed by atoms with E-state index >= 15 is 0 Å². The van der Waals surface area contributed by atoms with Gasteiger partial charge >= 0.3 is 0 Å². The number of carbonyl (C=O) groups is 1. The Morgan fingerprint density at radius 1 is 1.55 bits per heavy atom. The van der Waals surface area contributed by atoms with Crippen LogP contribution in [0.25, 0.3) is 11.0 Å². The second-order valence-corrected chi connectivity index (χ2v) is 5.79. The number of likely N-dealkylation sites (N-methyl/N-ethyl adjacent to an activating group) is 1. The predicted molar refractivity (Wildman–Crippen MR) is 78.0 cm³/mol. The van der Waals surface area contributed by atoms with Gasteiger partial charge in [-0.15, -0.1) is 0 Å². The highest BCUT2D eigenvalue weighted by Gasteiger charge is 2.33. The Kier molecular flexibility index (Phi) is 3.17. The molecule has 106 valence electrons. The molecule has 1 aliphatic heterocycles. The second-order valence-electron chi connectivity index (χ2n) is 5.46. The maximum atomic E-state index is 12.4. The van der Waals surface area contributed by atoms with Crippen molar-refractivity contribution in [3.63, 3.8) is 0 Å². The molecule has 0 N–H and O–H groups in total. The monoisotopic (exact) mass is 292 g/mol. The summed E-state index contributed by atoms with van der Waals surface area (Å²) in [5.74, 6) is 0.479. The number of halogens is 1. The van der Waals surface area contributed by atoms with Crippen molar-refractivity contribution in [3.05, 3.63) is 23.2 Å². The highest BCUT2D eigenvalue weighted by molar-refractivity contribution is 6.28. The average Bonchev–Trinajstić information content (AvgIpc) is 2.81. The maximum Gasteiger partial charge on any atom is 0.270 e. The van der Waals surface area contributed by atoms with Gasteiger partial charge in [0.05, 0.1) is 6.04 Å². The van der Waals surface area contributed by atoms with E-state index in [1.54, 1.807) is 11.1 Å². The van der Waals surface area contributed by atoms with Crippen LogP contribution in [0.1, 0.15) is 36.8 Å². The highest BCUT2D eigenvalue weighted by Crippen LogP contribution is 2.33. The number of nitrogens with zero attached hydrogens (tertiary/aromatic N) is 4. The number of hydrogen-bond acceptors (Lipinski definition) is 3. The zero-order chi connectivity index (χ0) is 14.4. The van der Waals surface area contributed by atoms with E-state index in [0.29, 0.717) is 18.2 Å². The minimum Gasteiger partial charge on any atom is -0.338 e. The first-order valence-corrected chi connectivity index (χ1v) is 7.19. The van der Waals surface area contributed by atoms with Gasteiger partial charge in [0.25, 0.3) is 5.91 Å². The zero-order valence-corrected chi connectivity index (χ0v) is 12.6. The predicted octanol–water partition coefficient (Wildman–Crippen LogP) is 2.76. The Morgan fingerprint density at radius 3 is 3.00 bits per heavy atom. The minimum absolute atomic E-state index is 0.0266. The van der Waals surface area contributed by atoms with Crippen LogP contribution < -0.4 is 0 Å². The first-order valence-electron chi connectivity index (χ1n) is 6.81. The average molecular weight is 293 g/mol. The van der Waals surface area contributed by atoms with Crippen LogP contribution in [-0.2, 0) is 0 Å². The van der Waals surface area contributed by atoms with Crippen LogP contribution in [0.5, 0.6) is 0 Å². The molecule has 1 amide bonds. The molecular weight excluding hydrogens is 276 g/mol. The Labute approximate surface area is 122 Å². The molecule has 2 aromatic heterocycles. The number of amides is 1. The molecule has 3 rings (SSSR count). The molecule has 0 bridgehead atoms. The van der Waals surface area contributed by atoms with Crippen LogP contribution in [-0.4, -0.2) is 38.9 Å². The molecule has 0 spiro atoms. The molecular formula is C14H17ClN4O. The fourth-order valence-electron chi connectivity index (χ4n) is 2.83. The van der Waals surface area contributed by atoms with Crippen molar-refractivity contribution in [1.29, 1.82) is 0 Å². The van der Waals surface area contributed by atoms with Crippen molar-refractivity contribution in [1.82, 2.24) is 19.4 Å². The molecule has 1 aliphatic rings. The number of rotatable bonds is 2. The van der Waals surface area contributed by atoms with Gasteiger partial charge in [0.15, 0.2) is 0 Å². The summed E-state index contributed by atoms with van der Waals surface area (Å²) in [6.07, 6.45) is 2.72. The number of aromatic nitrogens is 3. The van der Waals surface area contributed by atoms with Gasteiger partial charge in [-0.25, -0.2) is 4.98 Å². The van der Waals surface area contributed by atoms with E-state index < -0.39 is 0 Å². The molecule has 5 nitrogen and oxygen atoms in total. The third kappa shape index (κ3) is 1.88. The van der Waals surface area contributed by atoms with Crippen LogP contribution in [0.2, 0.25) is 5.28 Å². The van der Waals surface area contributed by atoms with Crippen molar-refractivity contribution in [2.45, 2.75) is 26.3 Å². The first-order chi connectivity index (χ1) is 9.52. The summed E-state index contributed by atoms with van der Waals surface area (Å²) in [6, 6.07) is 2.08. The quantitative estimate of drug-likeness (QED) is 0.800. The molecule has 20 heavy (non-hydrogen) atoms. The lowest BCUT2D eigenvalue weighted by atomic mass is 9.96. The number of carbonyl (C=O) groups excluding carboxylic acids is 1. The van der Waals surface area contributed by atoms with Gasteiger partial charge in [0.2, 0.25) is 5.28 Å². The molecule has 0 radical (unpaired) electrons. The van der Waals surface area contributed by atoms with Gasteiger partial charge < -0.3 is 9.47 Å². The SMILES string of the molecule is CC[C@H](C)C1CN(C)C(=O)c2cc3cnc(Cl)nc3n21. The van der Waals surface area contributed by atoms with Crippen LogP contribution >= 0.6 is 11.6 Å². The zero-order valence-electron chi connectivity index (χ0n) is 11.8. The minimum atomic E-state index is 0.0266. The molecule has 0 saturated heterocycles. The summed E-state index contributed by atoms with van der Waals surface area (Å²) in [4.78, 5) is 22.5. The van der Waals surface area contributed by atoms with Crippen molar-refractivity contribution in [3.8, 4) is 0 Å². The fraction of sp³-hybridized carbons (Fsp3) is 0.500. The topological polar surface area (TPSA) is 51.0 Å². The molecule has 2 atom stereocenters. The van der Waals surface area contributed by atoms with E-state index in [4.69, 9.17) is 11.6 Å². The molecule has 0 aromatic carbocycles. The smallest absolute Gasteiger partial charge is 0.270 e. The van der Waals surface area contributed by atoms with Crippen LogP contribution in [0, 0.1) is 5.92 Å². The van der Waals surface area contributed by atoms with Crippen molar-refractivity contribution < 1.29 is 4.79 Å².